The molecule has 0 aliphatic carbocycles. The Morgan fingerprint density at radius 2 is 0.711 bits per heavy atom. The molecule has 6 aromatic carbocycles. The van der Waals surface area contributed by atoms with Crippen LogP contribution in [0.25, 0.3) is 65.8 Å². The van der Waals surface area contributed by atoms with Gasteiger partial charge >= 0.3 is 0 Å². The summed E-state index contributed by atoms with van der Waals surface area (Å²) >= 11 is 0. The second-order valence-corrected chi connectivity index (χ2v) is 10.4. The SMILES string of the molecule is Cc1ccc(-n2c3ccccc3c3c4ccccc4c4c5ccccc5n(-c5ccc(C)cc5)c4c32)cc1. The minimum atomic E-state index is 1.18. The van der Waals surface area contributed by atoms with E-state index in [1.165, 1.54) is 76.9 Å². The Hall–Kier alpha value is -4.82. The van der Waals surface area contributed by atoms with E-state index in [1.54, 1.807) is 0 Å². The minimum absolute atomic E-state index is 1.18. The van der Waals surface area contributed by atoms with E-state index < -0.39 is 0 Å². The van der Waals surface area contributed by atoms with Crippen LogP contribution < -0.4 is 0 Å². The van der Waals surface area contributed by atoms with Crippen LogP contribution in [0.2, 0.25) is 0 Å². The van der Waals surface area contributed by atoms with E-state index in [1.807, 2.05) is 0 Å². The first-order valence-corrected chi connectivity index (χ1v) is 13.2. The Morgan fingerprint density at radius 3 is 1.11 bits per heavy atom. The highest BCUT2D eigenvalue weighted by Gasteiger charge is 2.24. The standard InChI is InChI=1S/C36H26N2/c1-23-15-19-25(20-16-23)37-31-13-7-5-11-29(31)33-27-9-3-4-10-28(27)34-30-12-6-8-14-32(30)38(36(34)35(33)37)26-21-17-24(2)18-22-26/h3-22H,1-2H3. The molecule has 0 aliphatic rings. The molecule has 2 aromatic heterocycles. The van der Waals surface area contributed by atoms with E-state index in [4.69, 9.17) is 0 Å². The van der Waals surface area contributed by atoms with Crippen molar-refractivity contribution in [3.05, 3.63) is 132 Å². The molecule has 0 atom stereocenters. The van der Waals surface area contributed by atoms with E-state index in [0.717, 1.165) is 0 Å². The normalized spacial score (nSPS) is 11.9. The Labute approximate surface area is 221 Å². The fourth-order valence-electron chi connectivity index (χ4n) is 6.32. The molecule has 0 amide bonds. The molecule has 0 spiro atoms. The second-order valence-electron chi connectivity index (χ2n) is 10.4. The molecule has 8 aromatic rings. The molecule has 2 heteroatoms. The van der Waals surface area contributed by atoms with E-state index in [9.17, 15) is 0 Å². The third-order valence-electron chi connectivity index (χ3n) is 8.02. The van der Waals surface area contributed by atoms with Gasteiger partial charge in [-0.15, -0.1) is 0 Å². The number of benzene rings is 6. The summed E-state index contributed by atoms with van der Waals surface area (Å²) in [7, 11) is 0. The van der Waals surface area contributed by atoms with Gasteiger partial charge in [0.05, 0.1) is 22.1 Å². The summed E-state index contributed by atoms with van der Waals surface area (Å²) in [5.74, 6) is 0. The summed E-state index contributed by atoms with van der Waals surface area (Å²) in [6.07, 6.45) is 0. The lowest BCUT2D eigenvalue weighted by atomic mass is 9.98. The van der Waals surface area contributed by atoms with Crippen molar-refractivity contribution < 1.29 is 0 Å². The molecule has 180 valence electrons. The first kappa shape index (κ1) is 21.3. The lowest BCUT2D eigenvalue weighted by Gasteiger charge is -2.14. The van der Waals surface area contributed by atoms with Gasteiger partial charge in [0, 0.05) is 32.9 Å². The Bertz CT molecular complexity index is 2010. The van der Waals surface area contributed by atoms with Crippen LogP contribution in [0.15, 0.2) is 121 Å². The molecule has 0 unspecified atom stereocenters. The van der Waals surface area contributed by atoms with Crippen LogP contribution in [0.1, 0.15) is 11.1 Å². The van der Waals surface area contributed by atoms with Crippen molar-refractivity contribution in [1.82, 2.24) is 9.13 Å². The minimum Gasteiger partial charge on any atom is -0.307 e. The number of para-hydroxylation sites is 2. The average Bonchev–Trinajstić information content (AvgIpc) is 3.48. The van der Waals surface area contributed by atoms with Crippen molar-refractivity contribution in [2.45, 2.75) is 13.8 Å². The smallest absolute Gasteiger partial charge is 0.0795 e. The van der Waals surface area contributed by atoms with Gasteiger partial charge in [0.25, 0.3) is 0 Å². The molecule has 0 N–H and O–H groups in total. The van der Waals surface area contributed by atoms with Crippen LogP contribution in [0.4, 0.5) is 0 Å². The number of hydrogen-bond donors (Lipinski definition) is 0. The van der Waals surface area contributed by atoms with Gasteiger partial charge < -0.3 is 9.13 Å². The summed E-state index contributed by atoms with van der Waals surface area (Å²) in [6.45, 7) is 4.30. The zero-order chi connectivity index (χ0) is 25.4. The van der Waals surface area contributed by atoms with Crippen LogP contribution in [-0.2, 0) is 0 Å². The third kappa shape index (κ3) is 2.83. The van der Waals surface area contributed by atoms with Crippen molar-refractivity contribution in [1.29, 1.82) is 0 Å². The maximum absolute atomic E-state index is 2.47. The van der Waals surface area contributed by atoms with E-state index in [-0.39, 0.29) is 0 Å². The summed E-state index contributed by atoms with van der Waals surface area (Å²) in [6, 6.07) is 44.5. The molecular weight excluding hydrogens is 460 g/mol. The van der Waals surface area contributed by atoms with Crippen LogP contribution in [0, 0.1) is 13.8 Å². The van der Waals surface area contributed by atoms with Gasteiger partial charge in [-0.1, -0.05) is 96.1 Å². The first-order chi connectivity index (χ1) is 18.7. The zero-order valence-corrected chi connectivity index (χ0v) is 21.4. The number of aryl methyl sites for hydroxylation is 2. The van der Waals surface area contributed by atoms with E-state index in [2.05, 4.69) is 144 Å². The van der Waals surface area contributed by atoms with Gasteiger partial charge in [0.2, 0.25) is 0 Å². The lowest BCUT2D eigenvalue weighted by molar-refractivity contribution is 1.14. The largest absolute Gasteiger partial charge is 0.307 e. The van der Waals surface area contributed by atoms with Crippen molar-refractivity contribution in [2.24, 2.45) is 0 Å². The third-order valence-corrected chi connectivity index (χ3v) is 8.02. The second kappa shape index (κ2) is 7.84. The summed E-state index contributed by atoms with van der Waals surface area (Å²) in [5, 5.41) is 7.76. The molecule has 2 heterocycles. The van der Waals surface area contributed by atoms with Gasteiger partial charge in [0.1, 0.15) is 0 Å². The van der Waals surface area contributed by atoms with Gasteiger partial charge in [-0.05, 0) is 61.0 Å². The molecule has 0 radical (unpaired) electrons. The van der Waals surface area contributed by atoms with Crippen LogP contribution in [0.3, 0.4) is 0 Å². The highest BCUT2D eigenvalue weighted by atomic mass is 15.0. The van der Waals surface area contributed by atoms with Crippen LogP contribution in [0.5, 0.6) is 0 Å². The number of rotatable bonds is 2. The predicted molar refractivity (Wildman–Crippen MR) is 162 cm³/mol. The fourth-order valence-corrected chi connectivity index (χ4v) is 6.32. The predicted octanol–water partition coefficient (Wildman–Crippen LogP) is 9.65. The van der Waals surface area contributed by atoms with Crippen molar-refractivity contribution in [3.63, 3.8) is 0 Å². The zero-order valence-electron chi connectivity index (χ0n) is 21.4. The molecule has 0 bridgehead atoms. The maximum atomic E-state index is 2.47. The fraction of sp³-hybridized carbons (Fsp3) is 0.0556. The van der Waals surface area contributed by atoms with Crippen molar-refractivity contribution in [3.8, 4) is 11.4 Å². The van der Waals surface area contributed by atoms with Crippen molar-refractivity contribution in [2.75, 3.05) is 0 Å². The van der Waals surface area contributed by atoms with E-state index >= 15 is 0 Å². The summed E-state index contributed by atoms with van der Waals surface area (Å²) < 4.78 is 4.95. The molecule has 0 saturated carbocycles. The Kier molecular flexibility index (Phi) is 4.39. The molecule has 2 nitrogen and oxygen atoms in total. The molecule has 0 aliphatic heterocycles. The topological polar surface area (TPSA) is 9.86 Å². The van der Waals surface area contributed by atoms with Crippen LogP contribution in [-0.4, -0.2) is 9.13 Å². The quantitative estimate of drug-likeness (QED) is 0.230. The Balaban J connectivity index is 1.74. The number of fused-ring (bicyclic) bond motifs is 10. The Morgan fingerprint density at radius 1 is 0.368 bits per heavy atom. The van der Waals surface area contributed by atoms with Crippen molar-refractivity contribution >= 4 is 54.4 Å². The summed E-state index contributed by atoms with van der Waals surface area (Å²) in [5.41, 5.74) is 9.84. The molecular formula is C36H26N2. The molecule has 38 heavy (non-hydrogen) atoms. The van der Waals surface area contributed by atoms with Gasteiger partial charge in [-0.3, -0.25) is 0 Å². The number of hydrogen-bond acceptors (Lipinski definition) is 0. The molecule has 0 fully saturated rings. The average molecular weight is 487 g/mol. The monoisotopic (exact) mass is 486 g/mol. The summed E-state index contributed by atoms with van der Waals surface area (Å²) in [4.78, 5) is 0. The number of aromatic nitrogens is 2. The molecule has 8 rings (SSSR count). The van der Waals surface area contributed by atoms with Gasteiger partial charge in [-0.25, -0.2) is 0 Å². The highest BCUT2D eigenvalue weighted by molar-refractivity contribution is 6.36. The van der Waals surface area contributed by atoms with Gasteiger partial charge in [0.15, 0.2) is 0 Å². The van der Waals surface area contributed by atoms with Gasteiger partial charge in [-0.2, -0.15) is 0 Å². The van der Waals surface area contributed by atoms with Crippen LogP contribution >= 0.6 is 0 Å². The lowest BCUT2D eigenvalue weighted by Crippen LogP contribution is -1.99. The maximum Gasteiger partial charge on any atom is 0.0795 e. The number of nitrogens with zero attached hydrogens (tertiary/aromatic N) is 2. The first-order valence-electron chi connectivity index (χ1n) is 13.2. The highest BCUT2D eigenvalue weighted by Crippen LogP contribution is 2.46. The molecule has 0 saturated heterocycles. The van der Waals surface area contributed by atoms with E-state index in [0.29, 0.717) is 0 Å².